The van der Waals surface area contributed by atoms with Gasteiger partial charge in [-0.05, 0) is 32.8 Å². The summed E-state index contributed by atoms with van der Waals surface area (Å²) >= 11 is 0. The molecule has 0 aliphatic carbocycles. The highest BCUT2D eigenvalue weighted by Crippen LogP contribution is 2.14. The number of rotatable bonds is 6. The Labute approximate surface area is 118 Å². The van der Waals surface area contributed by atoms with Crippen LogP contribution >= 0.6 is 0 Å². The highest BCUT2D eigenvalue weighted by Gasteiger charge is 2.30. The summed E-state index contributed by atoms with van der Waals surface area (Å²) in [6, 6.07) is 0. The normalized spacial score (nSPS) is 11.2. The lowest BCUT2D eigenvalue weighted by atomic mass is 10.1. The van der Waals surface area contributed by atoms with Crippen molar-refractivity contribution in [2.45, 2.75) is 39.7 Å². The second-order valence-corrected chi connectivity index (χ2v) is 5.08. The fourth-order valence-corrected chi connectivity index (χ4v) is 1.45. The van der Waals surface area contributed by atoms with Gasteiger partial charge in [0.25, 0.3) is 11.8 Å². The van der Waals surface area contributed by atoms with Crippen LogP contribution in [0.3, 0.4) is 0 Å². The molecule has 0 saturated heterocycles. The Balaban J connectivity index is 2.47. The SMILES string of the molecule is CCCOCC(=O)NNC(=O)C(C)(C)n1cc(C)cn1. The molecule has 1 rings (SSSR count). The van der Waals surface area contributed by atoms with E-state index in [1.54, 1.807) is 30.9 Å². The summed E-state index contributed by atoms with van der Waals surface area (Å²) in [5, 5.41) is 4.11. The summed E-state index contributed by atoms with van der Waals surface area (Å²) in [4.78, 5) is 23.5. The first kappa shape index (κ1) is 16.2. The molecular weight excluding hydrogens is 260 g/mol. The monoisotopic (exact) mass is 282 g/mol. The predicted molar refractivity (Wildman–Crippen MR) is 73.7 cm³/mol. The molecule has 0 spiro atoms. The summed E-state index contributed by atoms with van der Waals surface area (Å²) in [5.41, 5.74) is 4.76. The number of aromatic nitrogens is 2. The number of amides is 2. The Kier molecular flexibility index (Phi) is 5.69. The van der Waals surface area contributed by atoms with Gasteiger partial charge in [-0.1, -0.05) is 6.92 Å². The first-order valence-electron chi connectivity index (χ1n) is 6.56. The van der Waals surface area contributed by atoms with Crippen molar-refractivity contribution in [3.8, 4) is 0 Å². The third kappa shape index (κ3) is 4.34. The number of hydrazine groups is 1. The van der Waals surface area contributed by atoms with Crippen LogP contribution in [-0.2, 0) is 19.9 Å². The van der Waals surface area contributed by atoms with E-state index in [-0.39, 0.29) is 18.4 Å². The van der Waals surface area contributed by atoms with E-state index in [2.05, 4.69) is 16.0 Å². The molecule has 1 heterocycles. The second-order valence-electron chi connectivity index (χ2n) is 5.08. The number of hydrogen-bond donors (Lipinski definition) is 2. The second kappa shape index (κ2) is 7.04. The molecule has 1 aromatic rings. The van der Waals surface area contributed by atoms with Crippen LogP contribution in [-0.4, -0.2) is 34.8 Å². The predicted octanol–water partition coefficient (Wildman–Crippen LogP) is 0.501. The van der Waals surface area contributed by atoms with Gasteiger partial charge >= 0.3 is 0 Å². The van der Waals surface area contributed by atoms with E-state index in [1.807, 2.05) is 13.8 Å². The first-order chi connectivity index (χ1) is 9.37. The van der Waals surface area contributed by atoms with Crippen LogP contribution in [0.25, 0.3) is 0 Å². The molecule has 20 heavy (non-hydrogen) atoms. The van der Waals surface area contributed by atoms with Crippen molar-refractivity contribution < 1.29 is 14.3 Å². The standard InChI is InChI=1S/C13H22N4O3/c1-5-6-20-9-11(18)15-16-12(19)13(3,4)17-8-10(2)7-14-17/h7-8H,5-6,9H2,1-4H3,(H,15,18)(H,16,19). The quantitative estimate of drug-likeness (QED) is 0.588. The fourth-order valence-electron chi connectivity index (χ4n) is 1.45. The average Bonchev–Trinajstić information content (AvgIpc) is 2.83. The smallest absolute Gasteiger partial charge is 0.265 e. The minimum Gasteiger partial charge on any atom is -0.372 e. The number of ether oxygens (including phenoxy) is 1. The largest absolute Gasteiger partial charge is 0.372 e. The summed E-state index contributed by atoms with van der Waals surface area (Å²) in [6.45, 7) is 7.72. The summed E-state index contributed by atoms with van der Waals surface area (Å²) in [6.07, 6.45) is 4.28. The van der Waals surface area contributed by atoms with E-state index in [1.165, 1.54) is 0 Å². The van der Waals surface area contributed by atoms with Crippen LogP contribution in [0.15, 0.2) is 12.4 Å². The molecule has 0 aliphatic heterocycles. The minimum absolute atomic E-state index is 0.0740. The molecule has 112 valence electrons. The Hall–Kier alpha value is -1.89. The molecule has 0 saturated carbocycles. The van der Waals surface area contributed by atoms with Crippen molar-refractivity contribution >= 4 is 11.8 Å². The van der Waals surface area contributed by atoms with Crippen LogP contribution in [0.4, 0.5) is 0 Å². The van der Waals surface area contributed by atoms with Crippen molar-refractivity contribution in [3.05, 3.63) is 18.0 Å². The topological polar surface area (TPSA) is 85.3 Å². The number of nitrogens with one attached hydrogen (secondary N) is 2. The van der Waals surface area contributed by atoms with Gasteiger partial charge in [0, 0.05) is 12.8 Å². The van der Waals surface area contributed by atoms with E-state index in [0.29, 0.717) is 6.61 Å². The molecule has 0 unspecified atom stereocenters. The number of carbonyl (C=O) groups is 2. The van der Waals surface area contributed by atoms with E-state index < -0.39 is 5.54 Å². The number of hydrogen-bond acceptors (Lipinski definition) is 4. The van der Waals surface area contributed by atoms with E-state index >= 15 is 0 Å². The number of nitrogens with zero attached hydrogens (tertiary/aromatic N) is 2. The van der Waals surface area contributed by atoms with Crippen LogP contribution in [0.2, 0.25) is 0 Å². The Morgan fingerprint density at radius 2 is 2.10 bits per heavy atom. The highest BCUT2D eigenvalue weighted by atomic mass is 16.5. The maximum absolute atomic E-state index is 12.1. The molecule has 2 amide bonds. The Morgan fingerprint density at radius 3 is 2.65 bits per heavy atom. The zero-order valence-corrected chi connectivity index (χ0v) is 12.4. The van der Waals surface area contributed by atoms with E-state index in [0.717, 1.165) is 12.0 Å². The summed E-state index contributed by atoms with van der Waals surface area (Å²) in [5.74, 6) is -0.747. The fraction of sp³-hybridized carbons (Fsp3) is 0.615. The van der Waals surface area contributed by atoms with Gasteiger partial charge in [0.1, 0.15) is 12.1 Å². The lowest BCUT2D eigenvalue weighted by Gasteiger charge is -2.24. The van der Waals surface area contributed by atoms with Crippen molar-refractivity contribution in [1.82, 2.24) is 20.6 Å². The van der Waals surface area contributed by atoms with Crippen LogP contribution < -0.4 is 10.9 Å². The molecule has 0 fully saturated rings. The van der Waals surface area contributed by atoms with E-state index in [9.17, 15) is 9.59 Å². The molecule has 7 heteroatoms. The molecule has 0 aliphatic rings. The maximum Gasteiger partial charge on any atom is 0.265 e. The molecule has 0 atom stereocenters. The van der Waals surface area contributed by atoms with Gasteiger partial charge in [-0.3, -0.25) is 25.1 Å². The lowest BCUT2D eigenvalue weighted by Crippen LogP contribution is -2.52. The van der Waals surface area contributed by atoms with Gasteiger partial charge < -0.3 is 4.74 Å². The molecule has 0 radical (unpaired) electrons. The van der Waals surface area contributed by atoms with Crippen molar-refractivity contribution in [2.24, 2.45) is 0 Å². The molecule has 7 nitrogen and oxygen atoms in total. The van der Waals surface area contributed by atoms with Crippen molar-refractivity contribution in [1.29, 1.82) is 0 Å². The first-order valence-corrected chi connectivity index (χ1v) is 6.56. The summed E-state index contributed by atoms with van der Waals surface area (Å²) in [7, 11) is 0. The average molecular weight is 282 g/mol. The third-order valence-corrected chi connectivity index (χ3v) is 2.74. The summed E-state index contributed by atoms with van der Waals surface area (Å²) < 4.78 is 6.62. The molecule has 0 aromatic carbocycles. The van der Waals surface area contributed by atoms with Gasteiger partial charge in [0.2, 0.25) is 0 Å². The van der Waals surface area contributed by atoms with Crippen LogP contribution in [0.5, 0.6) is 0 Å². The zero-order valence-electron chi connectivity index (χ0n) is 12.4. The Morgan fingerprint density at radius 1 is 1.40 bits per heavy atom. The molecule has 1 aromatic heterocycles. The third-order valence-electron chi connectivity index (χ3n) is 2.74. The highest BCUT2D eigenvalue weighted by molar-refractivity contribution is 5.86. The maximum atomic E-state index is 12.1. The Bertz CT molecular complexity index is 468. The van der Waals surface area contributed by atoms with Crippen molar-refractivity contribution in [3.63, 3.8) is 0 Å². The number of carbonyl (C=O) groups excluding carboxylic acids is 2. The molecular formula is C13H22N4O3. The lowest BCUT2D eigenvalue weighted by molar-refractivity contribution is -0.135. The molecule has 2 N–H and O–H groups in total. The minimum atomic E-state index is -0.897. The van der Waals surface area contributed by atoms with Crippen LogP contribution in [0, 0.1) is 6.92 Å². The number of aryl methyl sites for hydroxylation is 1. The van der Waals surface area contributed by atoms with Gasteiger partial charge in [0.15, 0.2) is 0 Å². The van der Waals surface area contributed by atoms with Gasteiger partial charge in [0.05, 0.1) is 6.20 Å². The van der Waals surface area contributed by atoms with Crippen LogP contribution in [0.1, 0.15) is 32.8 Å². The van der Waals surface area contributed by atoms with Gasteiger partial charge in [-0.25, -0.2) is 0 Å². The van der Waals surface area contributed by atoms with Crippen molar-refractivity contribution in [2.75, 3.05) is 13.2 Å². The van der Waals surface area contributed by atoms with Gasteiger partial charge in [-0.15, -0.1) is 0 Å². The zero-order chi connectivity index (χ0) is 15.2. The molecule has 0 bridgehead atoms. The van der Waals surface area contributed by atoms with E-state index in [4.69, 9.17) is 4.74 Å². The van der Waals surface area contributed by atoms with Gasteiger partial charge in [-0.2, -0.15) is 5.10 Å².